The van der Waals surface area contributed by atoms with Crippen LogP contribution in [0.15, 0.2) is 6.33 Å². The first-order valence-electron chi connectivity index (χ1n) is 10.9. The Morgan fingerprint density at radius 1 is 1.03 bits per heavy atom. The van der Waals surface area contributed by atoms with E-state index < -0.39 is 0 Å². The highest BCUT2D eigenvalue weighted by atomic mass is 16.5. The first-order valence-corrected chi connectivity index (χ1v) is 10.9. The van der Waals surface area contributed by atoms with Gasteiger partial charge in [-0.2, -0.15) is 0 Å². The second kappa shape index (κ2) is 11.8. The van der Waals surface area contributed by atoms with E-state index in [2.05, 4.69) is 30.7 Å². The number of nitrogens with zero attached hydrogens (tertiary/aromatic N) is 7. The Hall–Kier alpha value is -4.16. The number of hydrogen-bond acceptors (Lipinski definition) is 11. The Labute approximate surface area is 200 Å². The Balaban J connectivity index is 0.000000177. The number of fused-ring (bicyclic) bond motifs is 1. The number of anilines is 2. The minimum Gasteiger partial charge on any atom is -0.483 e. The molecule has 0 atom stereocenters. The normalized spacial score (nSPS) is 14.2. The molecule has 1 amide bonds. The van der Waals surface area contributed by atoms with Gasteiger partial charge in [-0.05, 0) is 25.7 Å². The summed E-state index contributed by atoms with van der Waals surface area (Å²) in [7, 11) is 0. The molecule has 8 N–H and O–H groups in total. The summed E-state index contributed by atoms with van der Waals surface area (Å²) in [6.07, 6.45) is 5.96. The van der Waals surface area contributed by atoms with Crippen molar-refractivity contribution in [1.82, 2.24) is 29.5 Å². The Morgan fingerprint density at radius 3 is 2.11 bits per heavy atom. The molecule has 15 nitrogen and oxygen atoms in total. The van der Waals surface area contributed by atoms with E-state index in [1.807, 2.05) is 4.68 Å². The Kier molecular flexibility index (Phi) is 8.59. The predicted molar refractivity (Wildman–Crippen MR) is 125 cm³/mol. The van der Waals surface area contributed by atoms with Gasteiger partial charge in [-0.15, -0.1) is 10.2 Å². The molecule has 2 saturated carbocycles. The van der Waals surface area contributed by atoms with Crippen molar-refractivity contribution in [3.63, 3.8) is 0 Å². The standard InChI is InChI=1S/C10H13N5O2.C9H12N4O2.CH3NO/c11-8-7-9(13-5-12-8)15(6-1-2-6)14-10(7)17-4-3-16;1-11-7-8(10)13(6-2-3-6)12-9(7)15-5-4-14;2-1-3/h5-6,16H,1-4H2,(H2,11,12,13);6,14H,2-5,10H2;1H,(H2,2,3). The molecule has 3 aromatic heterocycles. The summed E-state index contributed by atoms with van der Waals surface area (Å²) in [5, 5.41) is 26.5. The second-order valence-electron chi connectivity index (χ2n) is 7.55. The van der Waals surface area contributed by atoms with E-state index in [1.54, 1.807) is 4.68 Å². The summed E-state index contributed by atoms with van der Waals surface area (Å²) in [4.78, 5) is 20.0. The molecule has 0 spiro atoms. The number of carbonyl (C=O) groups excluding carboxylic acids is 1. The predicted octanol–water partition coefficient (Wildman–Crippen LogP) is -0.0619. The molecule has 2 fully saturated rings. The quantitative estimate of drug-likeness (QED) is 0.209. The summed E-state index contributed by atoms with van der Waals surface area (Å²) in [6, 6.07) is 0.704. The highest BCUT2D eigenvalue weighted by molar-refractivity contribution is 5.90. The number of hydrogen-bond donors (Lipinski definition) is 5. The average Bonchev–Trinajstić information content (AvgIpc) is 3.79. The van der Waals surface area contributed by atoms with Gasteiger partial charge in [0.1, 0.15) is 36.6 Å². The van der Waals surface area contributed by atoms with Crippen LogP contribution in [0.2, 0.25) is 0 Å². The maximum atomic E-state index is 8.78. The Morgan fingerprint density at radius 2 is 1.57 bits per heavy atom. The van der Waals surface area contributed by atoms with Crippen molar-refractivity contribution in [3.8, 4) is 11.8 Å². The first-order chi connectivity index (χ1) is 17.0. The number of amides is 1. The number of aliphatic hydroxyl groups excluding tert-OH is 2. The number of primary amides is 1. The maximum absolute atomic E-state index is 8.78. The highest BCUT2D eigenvalue weighted by Crippen LogP contribution is 2.42. The topological polar surface area (TPSA) is 220 Å². The molecule has 188 valence electrons. The van der Waals surface area contributed by atoms with E-state index in [-0.39, 0.29) is 44.4 Å². The van der Waals surface area contributed by atoms with E-state index >= 15 is 0 Å². The third-order valence-electron chi connectivity index (χ3n) is 4.93. The van der Waals surface area contributed by atoms with Crippen molar-refractivity contribution in [1.29, 1.82) is 0 Å². The van der Waals surface area contributed by atoms with Crippen LogP contribution in [0, 0.1) is 6.57 Å². The highest BCUT2D eigenvalue weighted by Gasteiger charge is 2.30. The first kappa shape index (κ1) is 25.5. The molecule has 0 aromatic carbocycles. The van der Waals surface area contributed by atoms with Crippen LogP contribution in [-0.4, -0.2) is 72.6 Å². The van der Waals surface area contributed by atoms with E-state index in [0.29, 0.717) is 40.6 Å². The number of rotatable bonds is 8. The minimum absolute atomic E-state index is 0.0641. The van der Waals surface area contributed by atoms with Crippen LogP contribution < -0.4 is 26.7 Å². The van der Waals surface area contributed by atoms with Gasteiger partial charge >= 0.3 is 0 Å². The zero-order chi connectivity index (χ0) is 25.4. The van der Waals surface area contributed by atoms with Gasteiger partial charge < -0.3 is 36.9 Å². The molecule has 2 aliphatic rings. The van der Waals surface area contributed by atoms with Gasteiger partial charge in [-0.3, -0.25) is 9.48 Å². The number of ether oxygens (including phenoxy) is 2. The molecule has 5 rings (SSSR count). The summed E-state index contributed by atoms with van der Waals surface area (Å²) in [6.45, 7) is 7.13. The van der Waals surface area contributed by atoms with Crippen LogP contribution in [-0.2, 0) is 4.79 Å². The smallest absolute Gasteiger partial charge is 0.288 e. The molecule has 3 heterocycles. The largest absolute Gasteiger partial charge is 0.483 e. The van der Waals surface area contributed by atoms with Crippen molar-refractivity contribution in [2.45, 2.75) is 37.8 Å². The molecule has 0 radical (unpaired) electrons. The average molecular weight is 489 g/mol. The lowest BCUT2D eigenvalue weighted by molar-refractivity contribution is -0.106. The zero-order valence-corrected chi connectivity index (χ0v) is 18.9. The van der Waals surface area contributed by atoms with Gasteiger partial charge in [0.05, 0.1) is 31.9 Å². The summed E-state index contributed by atoms with van der Waals surface area (Å²) < 4.78 is 14.0. The number of carbonyl (C=O) groups is 1. The van der Waals surface area contributed by atoms with Gasteiger partial charge in [0, 0.05) is 0 Å². The lowest BCUT2D eigenvalue weighted by atomic mass is 10.4. The fourth-order valence-corrected chi connectivity index (χ4v) is 3.14. The van der Waals surface area contributed by atoms with Crippen LogP contribution in [0.3, 0.4) is 0 Å². The summed E-state index contributed by atoms with van der Waals surface area (Å²) >= 11 is 0. The van der Waals surface area contributed by atoms with Crippen LogP contribution >= 0.6 is 0 Å². The molecule has 3 aromatic rings. The van der Waals surface area contributed by atoms with Crippen LogP contribution in [0.25, 0.3) is 15.9 Å². The lowest BCUT2D eigenvalue weighted by Crippen LogP contribution is -2.04. The number of aromatic nitrogens is 6. The summed E-state index contributed by atoms with van der Waals surface area (Å²) in [5.74, 6) is 1.35. The van der Waals surface area contributed by atoms with Crippen LogP contribution in [0.4, 0.5) is 17.3 Å². The number of nitrogen functional groups attached to an aromatic ring is 2. The molecule has 0 saturated heterocycles. The van der Waals surface area contributed by atoms with Gasteiger partial charge in [0.25, 0.3) is 5.69 Å². The molecule has 35 heavy (non-hydrogen) atoms. The Bertz CT molecular complexity index is 1180. The van der Waals surface area contributed by atoms with Crippen molar-refractivity contribution in [3.05, 3.63) is 17.7 Å². The van der Waals surface area contributed by atoms with Crippen molar-refractivity contribution < 1.29 is 24.5 Å². The van der Waals surface area contributed by atoms with E-state index in [9.17, 15) is 0 Å². The van der Waals surface area contributed by atoms with E-state index in [0.717, 1.165) is 25.7 Å². The second-order valence-corrected chi connectivity index (χ2v) is 7.55. The lowest BCUT2D eigenvalue weighted by Gasteiger charge is -2.00. The number of nitrogens with two attached hydrogens (primary N) is 3. The molecule has 0 aliphatic heterocycles. The van der Waals surface area contributed by atoms with Crippen molar-refractivity contribution in [2.24, 2.45) is 5.73 Å². The zero-order valence-electron chi connectivity index (χ0n) is 18.9. The number of aliphatic hydroxyl groups is 2. The minimum atomic E-state index is -0.104. The molecular formula is C20H28N10O5. The van der Waals surface area contributed by atoms with Crippen LogP contribution in [0.5, 0.6) is 11.8 Å². The van der Waals surface area contributed by atoms with Gasteiger partial charge in [0.2, 0.25) is 18.2 Å². The third-order valence-corrected chi connectivity index (χ3v) is 4.93. The molecule has 0 bridgehead atoms. The van der Waals surface area contributed by atoms with Gasteiger partial charge in [0.15, 0.2) is 5.65 Å². The molecule has 15 heteroatoms. The van der Waals surface area contributed by atoms with E-state index in [4.69, 9.17) is 42.5 Å². The monoisotopic (exact) mass is 488 g/mol. The molecular weight excluding hydrogens is 460 g/mol. The molecule has 2 aliphatic carbocycles. The van der Waals surface area contributed by atoms with Crippen molar-refractivity contribution in [2.75, 3.05) is 37.9 Å². The maximum Gasteiger partial charge on any atom is 0.288 e. The fourth-order valence-electron chi connectivity index (χ4n) is 3.14. The summed E-state index contributed by atoms with van der Waals surface area (Å²) in [5.41, 5.74) is 16.7. The SMILES string of the molecule is NC=O.Nc1ncnc2c1c(OCCO)nn2C1CC1.[C-]#[N+]c1c(OCCO)nn(C2CC2)c1N. The van der Waals surface area contributed by atoms with Gasteiger partial charge in [-0.1, -0.05) is 0 Å². The van der Waals surface area contributed by atoms with Gasteiger partial charge in [-0.25, -0.2) is 19.5 Å². The third kappa shape index (κ3) is 6.05. The molecule has 0 unspecified atom stereocenters. The van der Waals surface area contributed by atoms with E-state index in [1.165, 1.54) is 6.33 Å². The van der Waals surface area contributed by atoms with Crippen LogP contribution in [0.1, 0.15) is 37.8 Å². The van der Waals surface area contributed by atoms with Crippen molar-refractivity contribution >= 4 is 34.8 Å². The fraction of sp³-hybridized carbons (Fsp3) is 0.500.